The zero-order valence-corrected chi connectivity index (χ0v) is 15.6. The van der Waals surface area contributed by atoms with Crippen molar-refractivity contribution in [1.82, 2.24) is 0 Å². The van der Waals surface area contributed by atoms with E-state index >= 15 is 0 Å². The quantitative estimate of drug-likeness (QED) is 0.468. The molecule has 0 bridgehead atoms. The molecule has 0 fully saturated rings. The predicted octanol–water partition coefficient (Wildman–Crippen LogP) is 5.43. The summed E-state index contributed by atoms with van der Waals surface area (Å²) in [7, 11) is -6.38. The highest BCUT2D eigenvalue weighted by Crippen LogP contribution is 2.48. The normalized spacial score (nSPS) is 15.7. The molecule has 1 aromatic carbocycles. The zero-order valence-electron chi connectivity index (χ0n) is 14.8. The molecule has 0 saturated carbocycles. The van der Waals surface area contributed by atoms with Crippen molar-refractivity contribution >= 4 is 10.1 Å². The summed E-state index contributed by atoms with van der Waals surface area (Å²) in [4.78, 5) is 0. The van der Waals surface area contributed by atoms with Gasteiger partial charge in [0.2, 0.25) is 0 Å². The van der Waals surface area contributed by atoms with Gasteiger partial charge < -0.3 is 4.18 Å². The Hall–Kier alpha value is -1.45. The van der Waals surface area contributed by atoms with E-state index in [1.165, 1.54) is 12.1 Å². The van der Waals surface area contributed by atoms with Crippen LogP contribution in [0.4, 0.5) is 26.3 Å². The van der Waals surface area contributed by atoms with Crippen LogP contribution in [0.3, 0.4) is 0 Å². The summed E-state index contributed by atoms with van der Waals surface area (Å²) in [6.07, 6.45) is 0. The van der Waals surface area contributed by atoms with Crippen molar-refractivity contribution in [3.05, 3.63) is 29.8 Å². The van der Waals surface area contributed by atoms with Crippen molar-refractivity contribution < 1.29 is 38.9 Å². The summed E-state index contributed by atoms with van der Waals surface area (Å²) in [6.45, 7) is 7.21. The molecule has 0 aliphatic rings. The third-order valence-electron chi connectivity index (χ3n) is 4.12. The van der Waals surface area contributed by atoms with Crippen LogP contribution in [0.25, 0.3) is 0 Å². The molecule has 0 aliphatic heterocycles. The van der Waals surface area contributed by atoms with E-state index in [9.17, 15) is 34.8 Å². The van der Waals surface area contributed by atoms with Crippen LogP contribution in [0.2, 0.25) is 0 Å². The summed E-state index contributed by atoms with van der Waals surface area (Å²) in [5.41, 5.74) is 0.565. The van der Waals surface area contributed by atoms with Crippen LogP contribution in [-0.4, -0.2) is 25.5 Å². The number of hydrogen-bond donors (Lipinski definition) is 0. The molecule has 0 amide bonds. The molecule has 0 heterocycles. The van der Waals surface area contributed by atoms with E-state index in [-0.39, 0.29) is 11.3 Å². The smallest absolute Gasteiger partial charge is 0.378 e. The Kier molecular flexibility index (Phi) is 5.75. The first-order valence-electron chi connectivity index (χ1n) is 7.52. The van der Waals surface area contributed by atoms with Gasteiger partial charge in [-0.25, -0.2) is 0 Å². The molecule has 10 heteroatoms. The minimum absolute atomic E-state index is 0.00212. The SMILES string of the molecule is CC(c1ccc(OS(=O)(=O)C(F)(F)C(F)(F)C(C)(F)F)cc1)C(C)(C)C. The lowest BCUT2D eigenvalue weighted by molar-refractivity contribution is -0.272. The standard InChI is InChI=1S/C16H20F6O3S/c1-10(13(2,3)4)11-6-8-12(9-7-11)25-26(23,24)16(21,22)15(19,20)14(5,17)18/h6-10H,1-5H3. The fraction of sp³-hybridized carbons (Fsp3) is 0.625. The lowest BCUT2D eigenvalue weighted by Gasteiger charge is -2.29. The van der Waals surface area contributed by atoms with Gasteiger partial charge in [0.1, 0.15) is 5.75 Å². The molecule has 0 saturated heterocycles. The van der Waals surface area contributed by atoms with Crippen molar-refractivity contribution in [2.45, 2.75) is 57.6 Å². The monoisotopic (exact) mass is 406 g/mol. The Bertz CT molecular complexity index is 731. The first-order valence-corrected chi connectivity index (χ1v) is 8.93. The van der Waals surface area contributed by atoms with Crippen molar-refractivity contribution in [3.8, 4) is 5.75 Å². The van der Waals surface area contributed by atoms with Gasteiger partial charge in [0.05, 0.1) is 0 Å². The summed E-state index contributed by atoms with van der Waals surface area (Å²) < 4.78 is 106. The first kappa shape index (κ1) is 22.6. The zero-order chi connectivity index (χ0) is 20.8. The van der Waals surface area contributed by atoms with Crippen LogP contribution in [0.5, 0.6) is 5.75 Å². The molecule has 1 atom stereocenters. The van der Waals surface area contributed by atoms with Gasteiger partial charge in [0, 0.05) is 6.92 Å². The number of halogens is 6. The van der Waals surface area contributed by atoms with Crippen LogP contribution >= 0.6 is 0 Å². The predicted molar refractivity (Wildman–Crippen MR) is 84.4 cm³/mol. The van der Waals surface area contributed by atoms with E-state index in [0.29, 0.717) is 0 Å². The Labute approximate surface area is 148 Å². The molecule has 0 radical (unpaired) electrons. The second-order valence-electron chi connectivity index (χ2n) is 7.17. The van der Waals surface area contributed by atoms with E-state index in [1.807, 2.05) is 27.7 Å². The van der Waals surface area contributed by atoms with Gasteiger partial charge in [0.15, 0.2) is 0 Å². The van der Waals surface area contributed by atoms with Crippen LogP contribution in [-0.2, 0) is 10.1 Å². The molecule has 150 valence electrons. The second-order valence-corrected chi connectivity index (χ2v) is 8.76. The van der Waals surface area contributed by atoms with Crippen LogP contribution in [0, 0.1) is 5.41 Å². The summed E-state index contributed by atoms with van der Waals surface area (Å²) in [6, 6.07) is 4.75. The van der Waals surface area contributed by atoms with Crippen molar-refractivity contribution in [3.63, 3.8) is 0 Å². The third kappa shape index (κ3) is 4.10. The summed E-state index contributed by atoms with van der Waals surface area (Å²) in [5, 5.41) is -6.13. The molecule has 26 heavy (non-hydrogen) atoms. The number of hydrogen-bond acceptors (Lipinski definition) is 3. The topological polar surface area (TPSA) is 43.4 Å². The van der Waals surface area contributed by atoms with E-state index in [1.54, 1.807) is 0 Å². The molecule has 1 aromatic rings. The molecular formula is C16H20F6O3S. The number of alkyl halides is 6. The van der Waals surface area contributed by atoms with Gasteiger partial charge in [-0.05, 0) is 29.0 Å². The Balaban J connectivity index is 3.15. The minimum Gasteiger partial charge on any atom is -0.378 e. The molecule has 0 aromatic heterocycles. The fourth-order valence-corrected chi connectivity index (χ4v) is 2.87. The van der Waals surface area contributed by atoms with Crippen LogP contribution < -0.4 is 4.18 Å². The first-order chi connectivity index (χ1) is 11.3. The van der Waals surface area contributed by atoms with E-state index in [2.05, 4.69) is 4.18 Å². The van der Waals surface area contributed by atoms with E-state index in [0.717, 1.165) is 17.7 Å². The van der Waals surface area contributed by atoms with Gasteiger partial charge in [-0.15, -0.1) is 0 Å². The third-order valence-corrected chi connectivity index (χ3v) is 5.41. The molecule has 0 spiro atoms. The average Bonchev–Trinajstić information content (AvgIpc) is 2.44. The minimum atomic E-state index is -6.38. The maximum absolute atomic E-state index is 13.6. The fourth-order valence-electron chi connectivity index (χ4n) is 1.90. The van der Waals surface area contributed by atoms with Gasteiger partial charge in [-0.2, -0.15) is 34.8 Å². The highest BCUT2D eigenvalue weighted by atomic mass is 32.2. The van der Waals surface area contributed by atoms with E-state index in [4.69, 9.17) is 0 Å². The average molecular weight is 406 g/mol. The Morgan fingerprint density at radius 3 is 1.65 bits per heavy atom. The molecule has 3 nitrogen and oxygen atoms in total. The van der Waals surface area contributed by atoms with Gasteiger partial charge in [0.25, 0.3) is 0 Å². The van der Waals surface area contributed by atoms with Crippen LogP contribution in [0.1, 0.15) is 46.1 Å². The van der Waals surface area contributed by atoms with Gasteiger partial charge in [-0.1, -0.05) is 39.8 Å². The molecule has 1 unspecified atom stereocenters. The lowest BCUT2D eigenvalue weighted by Crippen LogP contribution is -2.57. The van der Waals surface area contributed by atoms with Crippen LogP contribution in [0.15, 0.2) is 24.3 Å². The summed E-state index contributed by atoms with van der Waals surface area (Å²) >= 11 is 0. The molecule has 0 aliphatic carbocycles. The van der Waals surface area contributed by atoms with Crippen molar-refractivity contribution in [2.24, 2.45) is 5.41 Å². The Morgan fingerprint density at radius 1 is 0.885 bits per heavy atom. The summed E-state index contributed by atoms with van der Waals surface area (Å²) in [5.74, 6) is -12.1. The maximum Gasteiger partial charge on any atom is 0.449 e. The lowest BCUT2D eigenvalue weighted by atomic mass is 9.78. The maximum atomic E-state index is 13.6. The molecular weight excluding hydrogens is 386 g/mol. The Morgan fingerprint density at radius 2 is 1.31 bits per heavy atom. The van der Waals surface area contributed by atoms with Gasteiger partial charge >= 0.3 is 27.2 Å². The highest BCUT2D eigenvalue weighted by Gasteiger charge is 2.76. The molecule has 1 rings (SSSR count). The second kappa shape index (κ2) is 6.61. The van der Waals surface area contributed by atoms with Crippen molar-refractivity contribution in [2.75, 3.05) is 0 Å². The van der Waals surface area contributed by atoms with E-state index < -0.39 is 39.9 Å². The van der Waals surface area contributed by atoms with Crippen molar-refractivity contribution in [1.29, 1.82) is 0 Å². The van der Waals surface area contributed by atoms with Gasteiger partial charge in [-0.3, -0.25) is 0 Å². The largest absolute Gasteiger partial charge is 0.449 e. The number of rotatable bonds is 6. The number of benzene rings is 1. The highest BCUT2D eigenvalue weighted by molar-refractivity contribution is 7.88. The molecule has 0 N–H and O–H groups in total.